The number of anilines is 1. The molecule has 1 atom stereocenters. The predicted octanol–water partition coefficient (Wildman–Crippen LogP) is 3.02. The lowest BCUT2D eigenvalue weighted by molar-refractivity contribution is -0.132. The smallest absolute Gasteiger partial charge is 0.244 e. The summed E-state index contributed by atoms with van der Waals surface area (Å²) >= 11 is 6.09. The number of carbonyl (C=O) groups excluding carboxylic acids is 1. The van der Waals surface area contributed by atoms with Gasteiger partial charge in [0.2, 0.25) is 5.91 Å². The normalized spacial score (nSPS) is 16.4. The van der Waals surface area contributed by atoms with Crippen LogP contribution < -0.4 is 5.32 Å². The molecule has 1 aromatic carbocycles. The Morgan fingerprint density at radius 1 is 1.40 bits per heavy atom. The molecule has 5 heteroatoms. The highest BCUT2D eigenvalue weighted by Crippen LogP contribution is 2.24. The molecule has 1 fully saturated rings. The van der Waals surface area contributed by atoms with Gasteiger partial charge in [0.1, 0.15) is 6.04 Å². The van der Waals surface area contributed by atoms with Crippen molar-refractivity contribution in [2.24, 2.45) is 0 Å². The van der Waals surface area contributed by atoms with Gasteiger partial charge < -0.3 is 10.2 Å². The second-order valence-electron chi connectivity index (χ2n) is 5.06. The third kappa shape index (κ3) is 3.43. The molecule has 106 valence electrons. The third-order valence-corrected chi connectivity index (χ3v) is 3.84. The van der Waals surface area contributed by atoms with E-state index in [0.29, 0.717) is 16.3 Å². The largest absolute Gasteiger partial charge is 0.373 e. The van der Waals surface area contributed by atoms with Crippen molar-refractivity contribution in [2.45, 2.75) is 32.2 Å². The van der Waals surface area contributed by atoms with Crippen LogP contribution in [0.25, 0.3) is 0 Å². The molecule has 2 rings (SSSR count). The second kappa shape index (κ2) is 6.62. The summed E-state index contributed by atoms with van der Waals surface area (Å²) in [4.78, 5) is 14.2. The molecule has 1 aromatic rings. The first-order valence-corrected chi connectivity index (χ1v) is 7.24. The van der Waals surface area contributed by atoms with Gasteiger partial charge in [-0.2, -0.15) is 5.26 Å². The number of piperidine rings is 1. The Morgan fingerprint density at radius 2 is 2.10 bits per heavy atom. The van der Waals surface area contributed by atoms with Gasteiger partial charge in [-0.25, -0.2) is 0 Å². The van der Waals surface area contributed by atoms with Crippen molar-refractivity contribution < 1.29 is 4.79 Å². The molecule has 1 aliphatic heterocycles. The van der Waals surface area contributed by atoms with Crippen molar-refractivity contribution in [3.63, 3.8) is 0 Å². The van der Waals surface area contributed by atoms with Gasteiger partial charge in [0, 0.05) is 13.1 Å². The number of nitrogens with zero attached hydrogens (tertiary/aromatic N) is 2. The summed E-state index contributed by atoms with van der Waals surface area (Å²) in [5.74, 6) is 0.0862. The minimum atomic E-state index is -0.348. The number of amides is 1. The van der Waals surface area contributed by atoms with Gasteiger partial charge in [-0.3, -0.25) is 4.79 Å². The van der Waals surface area contributed by atoms with Crippen LogP contribution in [0.5, 0.6) is 0 Å². The number of hydrogen-bond donors (Lipinski definition) is 1. The topological polar surface area (TPSA) is 56.1 Å². The number of nitriles is 1. The standard InChI is InChI=1S/C15H18ClN3O/c1-11(15(20)19-7-3-2-4-8-19)18-14-9-12(10-17)5-6-13(14)16/h5-6,9,11,18H,2-4,7-8H2,1H3. The van der Waals surface area contributed by atoms with E-state index in [4.69, 9.17) is 16.9 Å². The van der Waals surface area contributed by atoms with E-state index in [0.717, 1.165) is 25.9 Å². The Morgan fingerprint density at radius 3 is 2.75 bits per heavy atom. The zero-order valence-electron chi connectivity index (χ0n) is 11.5. The fraction of sp³-hybridized carbons (Fsp3) is 0.467. The van der Waals surface area contributed by atoms with Gasteiger partial charge >= 0.3 is 0 Å². The molecule has 20 heavy (non-hydrogen) atoms. The summed E-state index contributed by atoms with van der Waals surface area (Å²) < 4.78 is 0. The van der Waals surface area contributed by atoms with Crippen LogP contribution in [-0.2, 0) is 4.79 Å². The summed E-state index contributed by atoms with van der Waals surface area (Å²) in [5.41, 5.74) is 1.15. The average molecular weight is 292 g/mol. The molecule has 1 saturated heterocycles. The summed E-state index contributed by atoms with van der Waals surface area (Å²) in [6, 6.07) is 6.71. The monoisotopic (exact) mass is 291 g/mol. The lowest BCUT2D eigenvalue weighted by Gasteiger charge is -2.29. The van der Waals surface area contributed by atoms with Crippen LogP contribution in [0, 0.1) is 11.3 Å². The Labute approximate surface area is 124 Å². The molecule has 1 N–H and O–H groups in total. The van der Waals surface area contributed by atoms with E-state index < -0.39 is 0 Å². The van der Waals surface area contributed by atoms with Crippen molar-refractivity contribution in [3.05, 3.63) is 28.8 Å². The number of carbonyl (C=O) groups is 1. The highest BCUT2D eigenvalue weighted by Gasteiger charge is 2.22. The maximum Gasteiger partial charge on any atom is 0.244 e. The number of hydrogen-bond acceptors (Lipinski definition) is 3. The Bertz CT molecular complexity index is 532. The first-order valence-electron chi connectivity index (χ1n) is 6.87. The van der Waals surface area contributed by atoms with Gasteiger partial charge in [-0.15, -0.1) is 0 Å². The first kappa shape index (κ1) is 14.7. The summed E-state index contributed by atoms with van der Waals surface area (Å²) in [6.45, 7) is 3.49. The maximum atomic E-state index is 12.3. The van der Waals surface area contributed by atoms with Crippen LogP contribution in [0.15, 0.2) is 18.2 Å². The highest BCUT2D eigenvalue weighted by molar-refractivity contribution is 6.33. The molecule has 0 radical (unpaired) electrons. The first-order chi connectivity index (χ1) is 9.61. The maximum absolute atomic E-state index is 12.3. The minimum Gasteiger partial charge on any atom is -0.373 e. The summed E-state index contributed by atoms with van der Waals surface area (Å²) in [6.07, 6.45) is 3.34. The van der Waals surface area contributed by atoms with Crippen LogP contribution >= 0.6 is 11.6 Å². The Kier molecular flexibility index (Phi) is 4.86. The molecular formula is C15H18ClN3O. The number of benzene rings is 1. The predicted molar refractivity (Wildman–Crippen MR) is 79.7 cm³/mol. The van der Waals surface area contributed by atoms with Crippen molar-refractivity contribution in [3.8, 4) is 6.07 Å². The summed E-state index contributed by atoms with van der Waals surface area (Å²) in [5, 5.41) is 12.5. The van der Waals surface area contributed by atoms with Crippen molar-refractivity contribution in [1.82, 2.24) is 4.90 Å². The van der Waals surface area contributed by atoms with Crippen LogP contribution in [-0.4, -0.2) is 29.9 Å². The lowest BCUT2D eigenvalue weighted by Crippen LogP contribution is -2.43. The molecule has 1 unspecified atom stereocenters. The van der Waals surface area contributed by atoms with Crippen molar-refractivity contribution >= 4 is 23.2 Å². The number of halogens is 1. The van der Waals surface area contributed by atoms with E-state index in [1.807, 2.05) is 11.8 Å². The molecule has 0 bridgehead atoms. The molecule has 0 aromatic heterocycles. The van der Waals surface area contributed by atoms with Gasteiger partial charge in [-0.05, 0) is 44.4 Å². The van der Waals surface area contributed by atoms with E-state index in [9.17, 15) is 4.79 Å². The Hall–Kier alpha value is -1.73. The number of nitrogens with one attached hydrogen (secondary N) is 1. The number of rotatable bonds is 3. The molecule has 1 aliphatic rings. The van der Waals surface area contributed by atoms with E-state index >= 15 is 0 Å². The van der Waals surface area contributed by atoms with Crippen LogP contribution in [0.3, 0.4) is 0 Å². The van der Waals surface area contributed by atoms with E-state index in [2.05, 4.69) is 11.4 Å². The molecular weight excluding hydrogens is 274 g/mol. The fourth-order valence-corrected chi connectivity index (χ4v) is 2.56. The SMILES string of the molecule is CC(Nc1cc(C#N)ccc1Cl)C(=O)N1CCCCC1. The molecule has 0 aliphatic carbocycles. The van der Waals surface area contributed by atoms with Crippen molar-refractivity contribution in [1.29, 1.82) is 5.26 Å². The molecule has 1 amide bonds. The van der Waals surface area contributed by atoms with E-state index in [-0.39, 0.29) is 11.9 Å². The van der Waals surface area contributed by atoms with Crippen LogP contribution in [0.2, 0.25) is 5.02 Å². The molecule has 0 saturated carbocycles. The van der Waals surface area contributed by atoms with Gasteiger partial charge in [-0.1, -0.05) is 11.6 Å². The van der Waals surface area contributed by atoms with Gasteiger partial charge in [0.05, 0.1) is 22.3 Å². The second-order valence-corrected chi connectivity index (χ2v) is 5.47. The fourth-order valence-electron chi connectivity index (χ4n) is 2.39. The average Bonchev–Trinajstić information content (AvgIpc) is 2.49. The minimum absolute atomic E-state index is 0.0862. The zero-order valence-corrected chi connectivity index (χ0v) is 12.3. The van der Waals surface area contributed by atoms with Crippen LogP contribution in [0.1, 0.15) is 31.7 Å². The van der Waals surface area contributed by atoms with Gasteiger partial charge in [0.15, 0.2) is 0 Å². The lowest BCUT2D eigenvalue weighted by atomic mass is 10.1. The van der Waals surface area contributed by atoms with Crippen molar-refractivity contribution in [2.75, 3.05) is 18.4 Å². The van der Waals surface area contributed by atoms with E-state index in [1.165, 1.54) is 6.42 Å². The van der Waals surface area contributed by atoms with Crippen LogP contribution in [0.4, 0.5) is 5.69 Å². The highest BCUT2D eigenvalue weighted by atomic mass is 35.5. The Balaban J connectivity index is 2.05. The molecule has 1 heterocycles. The quantitative estimate of drug-likeness (QED) is 0.931. The molecule has 4 nitrogen and oxygen atoms in total. The zero-order chi connectivity index (χ0) is 14.5. The third-order valence-electron chi connectivity index (χ3n) is 3.51. The summed E-state index contributed by atoms with van der Waals surface area (Å²) in [7, 11) is 0. The van der Waals surface area contributed by atoms with Gasteiger partial charge in [0.25, 0.3) is 0 Å². The molecule has 0 spiro atoms. The van der Waals surface area contributed by atoms with E-state index in [1.54, 1.807) is 18.2 Å². The number of likely N-dealkylation sites (tertiary alicyclic amines) is 1.